The van der Waals surface area contributed by atoms with Crippen LogP contribution in [0.5, 0.6) is 0 Å². The zero-order chi connectivity index (χ0) is 12.3. The van der Waals surface area contributed by atoms with E-state index in [9.17, 15) is 14.9 Å². The lowest BCUT2D eigenvalue weighted by Crippen LogP contribution is -2.17. The number of benzene rings is 1. The molecule has 0 saturated heterocycles. The fourth-order valence-electron chi connectivity index (χ4n) is 1.56. The van der Waals surface area contributed by atoms with Crippen molar-refractivity contribution in [1.82, 2.24) is 9.55 Å². The Labute approximate surface area is 96.7 Å². The average molecular weight is 233 g/mol. The molecule has 0 radical (unpaired) electrons. The molecule has 0 saturated carbocycles. The molecule has 0 spiro atoms. The molecule has 0 bridgehead atoms. The number of nitrogens with zero attached hydrogens (tertiary/aromatic N) is 2. The second kappa shape index (κ2) is 4.65. The van der Waals surface area contributed by atoms with Crippen LogP contribution in [0.2, 0.25) is 0 Å². The topological polar surface area (TPSA) is 80.9 Å². The van der Waals surface area contributed by atoms with Crippen molar-refractivity contribution in [3.63, 3.8) is 0 Å². The highest BCUT2D eigenvalue weighted by Gasteiger charge is 2.04. The Morgan fingerprint density at radius 1 is 1.29 bits per heavy atom. The molecule has 1 aromatic heterocycles. The van der Waals surface area contributed by atoms with E-state index in [0.717, 1.165) is 5.56 Å². The fourth-order valence-corrected chi connectivity index (χ4v) is 1.56. The molecule has 1 aromatic carbocycles. The molecule has 1 N–H and O–H groups in total. The van der Waals surface area contributed by atoms with E-state index in [2.05, 4.69) is 4.98 Å². The smallest absolute Gasteiger partial charge is 0.313 e. The predicted octanol–water partition coefficient (Wildman–Crippen LogP) is 1.33. The molecular weight excluding hydrogens is 222 g/mol. The van der Waals surface area contributed by atoms with Crippen molar-refractivity contribution in [2.24, 2.45) is 0 Å². The zero-order valence-electron chi connectivity index (χ0n) is 9.00. The molecule has 0 aliphatic rings. The minimum absolute atomic E-state index is 0.0764. The first-order chi connectivity index (χ1) is 8.16. The van der Waals surface area contributed by atoms with Crippen molar-refractivity contribution in [2.75, 3.05) is 0 Å². The molecule has 1 heterocycles. The predicted molar refractivity (Wildman–Crippen MR) is 61.9 cm³/mol. The molecule has 0 amide bonds. The summed E-state index contributed by atoms with van der Waals surface area (Å²) in [6.07, 6.45) is 3.92. The van der Waals surface area contributed by atoms with Crippen molar-refractivity contribution >= 4 is 5.69 Å². The molecule has 0 aliphatic heterocycles. The number of aryl methyl sites for hydroxylation is 2. The van der Waals surface area contributed by atoms with E-state index in [1.54, 1.807) is 29.1 Å². The van der Waals surface area contributed by atoms with Gasteiger partial charge in [-0.05, 0) is 12.0 Å². The van der Waals surface area contributed by atoms with E-state index in [1.165, 1.54) is 12.1 Å². The van der Waals surface area contributed by atoms with Gasteiger partial charge in [-0.2, -0.15) is 0 Å². The molecule has 17 heavy (non-hydrogen) atoms. The summed E-state index contributed by atoms with van der Waals surface area (Å²) in [4.78, 5) is 23.8. The van der Waals surface area contributed by atoms with Gasteiger partial charge in [-0.3, -0.25) is 14.7 Å². The minimum Gasteiger partial charge on any atom is -0.313 e. The molecule has 0 aliphatic carbocycles. The second-order valence-electron chi connectivity index (χ2n) is 3.63. The van der Waals surface area contributed by atoms with Crippen LogP contribution in [0.15, 0.2) is 41.5 Å². The van der Waals surface area contributed by atoms with Crippen LogP contribution in [0.4, 0.5) is 5.69 Å². The summed E-state index contributed by atoms with van der Waals surface area (Å²) < 4.78 is 1.56. The van der Waals surface area contributed by atoms with Gasteiger partial charge in [0, 0.05) is 31.1 Å². The first-order valence-electron chi connectivity index (χ1n) is 5.14. The third-order valence-electron chi connectivity index (χ3n) is 2.51. The second-order valence-corrected chi connectivity index (χ2v) is 3.63. The Balaban J connectivity index is 2.03. The van der Waals surface area contributed by atoms with Crippen molar-refractivity contribution < 1.29 is 4.92 Å². The van der Waals surface area contributed by atoms with Gasteiger partial charge in [-0.15, -0.1) is 0 Å². The van der Waals surface area contributed by atoms with E-state index >= 15 is 0 Å². The van der Waals surface area contributed by atoms with Crippen LogP contribution >= 0.6 is 0 Å². The minimum atomic E-state index is -0.430. The van der Waals surface area contributed by atoms with Gasteiger partial charge in [0.1, 0.15) is 0 Å². The van der Waals surface area contributed by atoms with Crippen LogP contribution in [-0.2, 0) is 13.0 Å². The molecule has 0 unspecified atom stereocenters. The van der Waals surface area contributed by atoms with Gasteiger partial charge in [0.2, 0.25) is 0 Å². The molecule has 0 fully saturated rings. The largest absolute Gasteiger partial charge is 0.325 e. The summed E-state index contributed by atoms with van der Waals surface area (Å²) in [5.41, 5.74) is 0.892. The van der Waals surface area contributed by atoms with E-state index in [1.807, 2.05) is 0 Å². The van der Waals surface area contributed by atoms with Gasteiger partial charge >= 0.3 is 5.69 Å². The third kappa shape index (κ3) is 2.60. The van der Waals surface area contributed by atoms with E-state index in [-0.39, 0.29) is 11.4 Å². The summed E-state index contributed by atoms with van der Waals surface area (Å²) in [5.74, 6) is 0. The number of aromatic nitrogens is 2. The number of non-ortho nitro benzene ring substituents is 1. The van der Waals surface area contributed by atoms with Crippen molar-refractivity contribution in [1.29, 1.82) is 0 Å². The lowest BCUT2D eigenvalue weighted by molar-refractivity contribution is -0.384. The van der Waals surface area contributed by atoms with Crippen LogP contribution < -0.4 is 5.69 Å². The molecule has 2 aromatic rings. The zero-order valence-corrected chi connectivity index (χ0v) is 9.00. The third-order valence-corrected chi connectivity index (χ3v) is 2.51. The number of nitro groups is 1. The number of imidazole rings is 1. The van der Waals surface area contributed by atoms with Crippen LogP contribution in [0, 0.1) is 10.1 Å². The van der Waals surface area contributed by atoms with Gasteiger partial charge in [0.05, 0.1) is 4.92 Å². The van der Waals surface area contributed by atoms with Crippen LogP contribution in [0.3, 0.4) is 0 Å². The van der Waals surface area contributed by atoms with E-state index < -0.39 is 4.92 Å². The van der Waals surface area contributed by atoms with E-state index in [4.69, 9.17) is 0 Å². The number of aromatic amines is 1. The van der Waals surface area contributed by atoms with Crippen molar-refractivity contribution in [3.8, 4) is 0 Å². The number of nitro benzene ring substituents is 1. The molecule has 6 heteroatoms. The Kier molecular flexibility index (Phi) is 3.04. The molecule has 0 atom stereocenters. The lowest BCUT2D eigenvalue weighted by Gasteiger charge is -2.01. The normalized spacial score (nSPS) is 10.4. The molecule has 6 nitrogen and oxygen atoms in total. The summed E-state index contributed by atoms with van der Waals surface area (Å²) >= 11 is 0. The molecule has 2 rings (SSSR count). The van der Waals surface area contributed by atoms with Crippen LogP contribution in [0.25, 0.3) is 0 Å². The average Bonchev–Trinajstić information content (AvgIpc) is 2.73. The fraction of sp³-hybridized carbons (Fsp3) is 0.182. The number of nitrogens with one attached hydrogen (secondary N) is 1. The van der Waals surface area contributed by atoms with Gasteiger partial charge in [0.25, 0.3) is 5.69 Å². The van der Waals surface area contributed by atoms with Crippen molar-refractivity contribution in [3.05, 3.63) is 62.8 Å². The number of rotatable bonds is 4. The van der Waals surface area contributed by atoms with Gasteiger partial charge in [0.15, 0.2) is 0 Å². The summed E-state index contributed by atoms with van der Waals surface area (Å²) in [6, 6.07) is 6.34. The molecular formula is C11H11N3O3. The highest BCUT2D eigenvalue weighted by Crippen LogP contribution is 2.12. The van der Waals surface area contributed by atoms with E-state index in [0.29, 0.717) is 13.0 Å². The monoisotopic (exact) mass is 233 g/mol. The Morgan fingerprint density at radius 2 is 2.00 bits per heavy atom. The maximum atomic E-state index is 11.2. The first kappa shape index (κ1) is 11.1. The first-order valence-corrected chi connectivity index (χ1v) is 5.14. The maximum absolute atomic E-state index is 11.2. The van der Waals surface area contributed by atoms with Gasteiger partial charge in [-0.25, -0.2) is 4.79 Å². The summed E-state index contributed by atoms with van der Waals surface area (Å²) in [5, 5.41) is 10.5. The van der Waals surface area contributed by atoms with Gasteiger partial charge in [-0.1, -0.05) is 12.1 Å². The Bertz CT molecular complexity index is 568. The standard InChI is InChI=1S/C11H11N3O3/c15-11-12-6-8-13(11)7-5-9-1-3-10(4-2-9)14(16)17/h1-4,6,8H,5,7H2,(H,12,15). The van der Waals surface area contributed by atoms with Crippen LogP contribution in [0.1, 0.15) is 5.56 Å². The van der Waals surface area contributed by atoms with Crippen LogP contribution in [-0.4, -0.2) is 14.5 Å². The highest BCUT2D eigenvalue weighted by atomic mass is 16.6. The Hall–Kier alpha value is -2.37. The number of hydrogen-bond donors (Lipinski definition) is 1. The van der Waals surface area contributed by atoms with Gasteiger partial charge < -0.3 is 4.98 Å². The SMILES string of the molecule is O=c1[nH]ccn1CCc1ccc([N+](=O)[O-])cc1. The van der Waals surface area contributed by atoms with Crippen molar-refractivity contribution in [2.45, 2.75) is 13.0 Å². The summed E-state index contributed by atoms with van der Waals surface area (Å²) in [6.45, 7) is 0.556. The number of hydrogen-bond acceptors (Lipinski definition) is 3. The summed E-state index contributed by atoms with van der Waals surface area (Å²) in [7, 11) is 0. The highest BCUT2D eigenvalue weighted by molar-refractivity contribution is 5.32. The lowest BCUT2D eigenvalue weighted by atomic mass is 10.1. The maximum Gasteiger partial charge on any atom is 0.325 e. The number of H-pyrrole nitrogens is 1. The molecule has 88 valence electrons. The Morgan fingerprint density at radius 3 is 2.53 bits per heavy atom. The quantitative estimate of drug-likeness (QED) is 0.638.